The molecule has 2 aliphatic rings. The molecular weight excluding hydrogens is 381 g/mol. The number of hydrogen-bond donors (Lipinski definition) is 2. The van der Waals surface area contributed by atoms with Crippen molar-refractivity contribution in [3.63, 3.8) is 0 Å². The Kier molecular flexibility index (Phi) is 5.33. The number of rotatable bonds is 3. The molecule has 2 N–H and O–H groups in total. The van der Waals surface area contributed by atoms with Gasteiger partial charge in [0.05, 0.1) is 0 Å². The van der Waals surface area contributed by atoms with E-state index in [1.54, 1.807) is 0 Å². The fraction of sp³-hybridized carbons (Fsp3) is 0.450. The number of nitrogens with zero attached hydrogens (tertiary/aromatic N) is 2. The first-order valence-corrected chi connectivity index (χ1v) is 9.50. The monoisotopic (exact) mass is 402 g/mol. The maximum atomic E-state index is 13.0. The largest absolute Gasteiger partial charge is 0.501 e. The maximum absolute atomic E-state index is 13.0. The summed E-state index contributed by atoms with van der Waals surface area (Å²) in [6.07, 6.45) is 1.62. The van der Waals surface area contributed by atoms with Crippen LogP contribution in [-0.4, -0.2) is 40.4 Å². The molecule has 0 bridgehead atoms. The molecule has 0 saturated carbocycles. The summed E-state index contributed by atoms with van der Waals surface area (Å²) in [6, 6.07) is 6.61. The van der Waals surface area contributed by atoms with Crippen LogP contribution in [0.3, 0.4) is 0 Å². The van der Waals surface area contributed by atoms with Crippen molar-refractivity contribution >= 4 is 5.91 Å². The van der Waals surface area contributed by atoms with E-state index in [9.17, 15) is 19.1 Å². The van der Waals surface area contributed by atoms with E-state index in [1.165, 1.54) is 16.7 Å². The van der Waals surface area contributed by atoms with Gasteiger partial charge in [-0.2, -0.15) is 0 Å². The third kappa shape index (κ3) is 3.75. The van der Waals surface area contributed by atoms with E-state index < -0.39 is 28.6 Å². The molecule has 1 aromatic heterocycles. The molecule has 1 fully saturated rings. The van der Waals surface area contributed by atoms with E-state index in [2.05, 4.69) is 16.4 Å². The lowest BCUT2D eigenvalue weighted by Crippen LogP contribution is -2.42. The normalized spacial score (nSPS) is 18.1. The summed E-state index contributed by atoms with van der Waals surface area (Å²) >= 11 is 0. The van der Waals surface area contributed by atoms with Crippen LogP contribution in [0.1, 0.15) is 41.1 Å². The van der Waals surface area contributed by atoms with Crippen molar-refractivity contribution in [2.24, 2.45) is 0 Å². The van der Waals surface area contributed by atoms with Crippen molar-refractivity contribution < 1.29 is 23.8 Å². The molecule has 0 aliphatic carbocycles. The van der Waals surface area contributed by atoms with E-state index >= 15 is 0 Å². The number of carbonyl (C=O) groups excluding carboxylic acids is 1. The summed E-state index contributed by atoms with van der Waals surface area (Å²) < 4.78 is 25.9. The van der Waals surface area contributed by atoms with Crippen LogP contribution in [0.25, 0.3) is 0 Å². The molecule has 0 atom stereocenters. The van der Waals surface area contributed by atoms with E-state index in [4.69, 9.17) is 9.47 Å². The zero-order chi connectivity index (χ0) is 20.4. The zero-order valence-electron chi connectivity index (χ0n) is 15.7. The van der Waals surface area contributed by atoms with Crippen LogP contribution in [0.2, 0.25) is 0 Å². The molecule has 1 saturated heterocycles. The number of fused-ring (bicyclic) bond motifs is 2. The number of carbonyl (C=O) groups is 1. The lowest BCUT2D eigenvalue weighted by molar-refractivity contribution is -0.118. The Morgan fingerprint density at radius 1 is 1.34 bits per heavy atom. The fourth-order valence-electron chi connectivity index (χ4n) is 3.69. The van der Waals surface area contributed by atoms with Gasteiger partial charge in [0.25, 0.3) is 11.5 Å². The van der Waals surface area contributed by atoms with Crippen molar-refractivity contribution in [3.8, 4) is 5.75 Å². The summed E-state index contributed by atoms with van der Waals surface area (Å²) in [6.45, 7) is 1.76. The first-order chi connectivity index (χ1) is 14.0. The zero-order valence-corrected chi connectivity index (χ0v) is 15.7. The molecule has 1 spiro atoms. The summed E-state index contributed by atoms with van der Waals surface area (Å²) in [4.78, 5) is 29.8. The van der Waals surface area contributed by atoms with Crippen LogP contribution in [0.4, 0.5) is 4.39 Å². The Hall–Kier alpha value is -2.78. The van der Waals surface area contributed by atoms with Gasteiger partial charge in [-0.05, 0) is 30.2 Å². The molecule has 153 valence electrons. The van der Waals surface area contributed by atoms with Gasteiger partial charge in [0.1, 0.15) is 17.2 Å². The molecule has 3 heterocycles. The van der Waals surface area contributed by atoms with Gasteiger partial charge < -0.3 is 19.9 Å². The summed E-state index contributed by atoms with van der Waals surface area (Å²) in [5.74, 6) is -1.48. The summed E-state index contributed by atoms with van der Waals surface area (Å²) in [5.41, 5.74) is -1.28. The quantitative estimate of drug-likeness (QED) is 0.801. The van der Waals surface area contributed by atoms with Gasteiger partial charge in [0.2, 0.25) is 5.75 Å². The molecule has 0 unspecified atom stereocenters. The predicted molar refractivity (Wildman–Crippen MR) is 98.9 cm³/mol. The Balaban J connectivity index is 1.67. The van der Waals surface area contributed by atoms with Gasteiger partial charge in [-0.15, -0.1) is 0 Å². The Morgan fingerprint density at radius 3 is 2.86 bits per heavy atom. The fourth-order valence-corrected chi connectivity index (χ4v) is 3.69. The lowest BCUT2D eigenvalue weighted by Gasteiger charge is -2.36. The number of aromatic nitrogens is 2. The number of nitrogens with one attached hydrogen (secondary N) is 1. The van der Waals surface area contributed by atoms with E-state index in [0.29, 0.717) is 57.0 Å². The van der Waals surface area contributed by atoms with E-state index in [-0.39, 0.29) is 12.2 Å². The first kappa shape index (κ1) is 19.5. The van der Waals surface area contributed by atoms with Crippen LogP contribution in [0.5, 0.6) is 5.75 Å². The summed E-state index contributed by atoms with van der Waals surface area (Å²) in [5, 5.41) is 12.9. The number of hydrogen-bond acceptors (Lipinski definition) is 6. The lowest BCUT2D eigenvalue weighted by atomic mass is 9.92. The van der Waals surface area contributed by atoms with Crippen LogP contribution in [0.15, 0.2) is 23.0 Å². The highest BCUT2D eigenvalue weighted by molar-refractivity contribution is 5.94. The number of halogens is 1. The molecule has 8 nitrogen and oxygen atoms in total. The van der Waals surface area contributed by atoms with Gasteiger partial charge >= 0.3 is 0 Å². The third-order valence-corrected chi connectivity index (χ3v) is 5.25. The van der Waals surface area contributed by atoms with Crippen molar-refractivity contribution in [2.45, 2.75) is 38.0 Å². The van der Waals surface area contributed by atoms with Crippen molar-refractivity contribution in [2.75, 3.05) is 19.8 Å². The van der Waals surface area contributed by atoms with Crippen molar-refractivity contribution in [3.05, 3.63) is 57.5 Å². The minimum atomic E-state index is -0.818. The Morgan fingerprint density at radius 2 is 2.14 bits per heavy atom. The topological polar surface area (TPSA) is 103 Å². The molecular formula is C20H21FN3O5. The highest BCUT2D eigenvalue weighted by Crippen LogP contribution is 2.37. The first-order valence-electron chi connectivity index (χ1n) is 9.50. The standard InChI is InChI=1S/C20H21FN3O5/c21-14-4-2-13(3-5-14)12-22-17(26)15-16(25)18(27)24-8-1-9-29-20(19(24)23-15)6-10-28-11-7-20/h2,4-5,25H,1,6-12H2,(H,22,26). The molecule has 4 rings (SSSR count). The number of benzene rings is 1. The van der Waals surface area contributed by atoms with Gasteiger partial charge in [0.15, 0.2) is 5.69 Å². The molecule has 1 aromatic carbocycles. The SMILES string of the molecule is O=C(NCc1[c]cc(F)cc1)c1nc2n(c(=O)c1O)CCCOC21CCOCC1. The van der Waals surface area contributed by atoms with Gasteiger partial charge in [-0.1, -0.05) is 6.07 Å². The molecule has 2 aromatic rings. The average molecular weight is 402 g/mol. The number of amides is 1. The van der Waals surface area contributed by atoms with Crippen LogP contribution >= 0.6 is 0 Å². The Bertz CT molecular complexity index is 967. The van der Waals surface area contributed by atoms with Gasteiger partial charge in [-0.3, -0.25) is 14.2 Å². The minimum Gasteiger partial charge on any atom is -0.501 e. The summed E-state index contributed by atoms with van der Waals surface area (Å²) in [7, 11) is 0. The van der Waals surface area contributed by atoms with E-state index in [0.717, 1.165) is 6.07 Å². The van der Waals surface area contributed by atoms with Crippen molar-refractivity contribution in [1.82, 2.24) is 14.9 Å². The second kappa shape index (κ2) is 7.92. The maximum Gasteiger partial charge on any atom is 0.296 e. The van der Waals surface area contributed by atoms with Crippen LogP contribution in [-0.2, 0) is 28.2 Å². The number of ether oxygens (including phenoxy) is 2. The molecule has 29 heavy (non-hydrogen) atoms. The molecule has 9 heteroatoms. The number of aromatic hydroxyl groups is 1. The van der Waals surface area contributed by atoms with Crippen molar-refractivity contribution in [1.29, 1.82) is 0 Å². The Labute approximate surface area is 166 Å². The molecule has 1 amide bonds. The predicted octanol–water partition coefficient (Wildman–Crippen LogP) is 1.24. The van der Waals surface area contributed by atoms with Crippen LogP contribution < -0.4 is 10.9 Å². The highest BCUT2D eigenvalue weighted by atomic mass is 19.1. The second-order valence-corrected chi connectivity index (χ2v) is 7.11. The second-order valence-electron chi connectivity index (χ2n) is 7.11. The van der Waals surface area contributed by atoms with E-state index in [1.807, 2.05) is 0 Å². The third-order valence-electron chi connectivity index (χ3n) is 5.25. The van der Waals surface area contributed by atoms with Gasteiger partial charge in [0, 0.05) is 45.8 Å². The minimum absolute atomic E-state index is 0.0497. The van der Waals surface area contributed by atoms with Gasteiger partial charge in [-0.25, -0.2) is 9.37 Å². The average Bonchev–Trinajstić information content (AvgIpc) is 2.90. The van der Waals surface area contributed by atoms with Crippen LogP contribution in [0, 0.1) is 11.9 Å². The molecule has 2 aliphatic heterocycles. The molecule has 1 radical (unpaired) electrons. The smallest absolute Gasteiger partial charge is 0.296 e. The highest BCUT2D eigenvalue weighted by Gasteiger charge is 2.42.